The van der Waals surface area contributed by atoms with E-state index in [0.717, 1.165) is 78.0 Å². The topological polar surface area (TPSA) is 32.8 Å². The Morgan fingerprint density at radius 1 is 0.328 bits per heavy atom. The van der Waals surface area contributed by atoms with Crippen LogP contribution in [0.5, 0.6) is 0 Å². The summed E-state index contributed by atoms with van der Waals surface area (Å²) in [6.07, 6.45) is 0. The molecule has 0 fully saturated rings. The number of aryl methyl sites for hydroxylation is 2. The summed E-state index contributed by atoms with van der Waals surface area (Å²) >= 11 is 0. The second-order valence-corrected chi connectivity index (χ2v) is 18.1. The van der Waals surface area contributed by atoms with Gasteiger partial charge in [-0.2, -0.15) is 0 Å². The second-order valence-electron chi connectivity index (χ2n) is 18.1. The molecule has 12 aromatic rings. The maximum Gasteiger partial charge on any atom is 0.159 e. The first-order valence-electron chi connectivity index (χ1n) is 22.6. The van der Waals surface area contributed by atoms with Crippen molar-refractivity contribution >= 4 is 110 Å². The van der Waals surface area contributed by atoms with Gasteiger partial charge in [0.25, 0.3) is 0 Å². The molecule has 4 heteroatoms. The van der Waals surface area contributed by atoms with Crippen LogP contribution in [-0.2, 0) is 0 Å². The third kappa shape index (κ3) is 5.61. The minimum atomic E-state index is 0.327. The van der Waals surface area contributed by atoms with Crippen molar-refractivity contribution in [2.75, 3.05) is 9.80 Å². The Balaban J connectivity index is 1.15. The largest absolute Gasteiger partial charge is 0.454 e. The summed E-state index contributed by atoms with van der Waals surface area (Å²) in [7, 11) is 0. The molecule has 0 spiro atoms. The van der Waals surface area contributed by atoms with Crippen LogP contribution in [0, 0.1) is 13.8 Å². The average molecular weight is 829 g/mol. The Labute approximate surface area is 372 Å². The van der Waals surface area contributed by atoms with Crippen LogP contribution < -0.4 is 9.80 Å². The number of anilines is 6. The average Bonchev–Trinajstić information content (AvgIpc) is 3.90. The fourth-order valence-electron chi connectivity index (χ4n) is 10.6. The predicted molar refractivity (Wildman–Crippen MR) is 272 cm³/mol. The number of fused-ring (bicyclic) bond motifs is 6. The first-order chi connectivity index (χ1) is 31.3. The van der Waals surface area contributed by atoms with E-state index < -0.39 is 0 Å². The number of para-hydroxylation sites is 6. The number of hydrogen-bond acceptors (Lipinski definition) is 4. The summed E-state index contributed by atoms with van der Waals surface area (Å²) in [5.74, 6) is 0.655. The van der Waals surface area contributed by atoms with Crippen molar-refractivity contribution in [1.29, 1.82) is 0 Å². The molecule has 0 bridgehead atoms. The van der Waals surface area contributed by atoms with Crippen LogP contribution in [0.4, 0.5) is 34.1 Å². The lowest BCUT2D eigenvalue weighted by atomic mass is 9.88. The number of benzene rings is 10. The standard InChI is InChI=1S/C60H48N2O2/c1-35(2)41-21-13-23-45-47-25-15-27-51(59(47)63-57(41)45)61(39-17-9-7-10-18-39)53-33-37(5)43-30-32-50-54(34-38(6)44-29-31-49(53)55(43)56(44)50)62(40-19-11-8-12-20-40)52-28-16-26-48-46-24-14-22-42(36(3)4)58(46)64-60(48)52/h7-36H,1-6H3. The molecule has 0 aliphatic heterocycles. The van der Waals surface area contributed by atoms with Gasteiger partial charge in [0.05, 0.1) is 22.7 Å². The quantitative estimate of drug-likeness (QED) is 0.143. The lowest BCUT2D eigenvalue weighted by molar-refractivity contribution is 0.657. The molecule has 0 aliphatic carbocycles. The third-order valence-corrected chi connectivity index (χ3v) is 13.6. The van der Waals surface area contributed by atoms with Gasteiger partial charge in [-0.15, -0.1) is 0 Å². The van der Waals surface area contributed by atoms with Crippen LogP contribution in [0.1, 0.15) is 61.8 Å². The van der Waals surface area contributed by atoms with Crippen LogP contribution in [-0.4, -0.2) is 0 Å². The van der Waals surface area contributed by atoms with Crippen LogP contribution in [0.15, 0.2) is 179 Å². The Morgan fingerprint density at radius 3 is 1.08 bits per heavy atom. The summed E-state index contributed by atoms with van der Waals surface area (Å²) in [5, 5.41) is 11.9. The normalized spacial score (nSPS) is 12.2. The van der Waals surface area contributed by atoms with Crippen molar-refractivity contribution in [1.82, 2.24) is 0 Å². The van der Waals surface area contributed by atoms with Crippen molar-refractivity contribution in [3.63, 3.8) is 0 Å². The number of furan rings is 2. The predicted octanol–water partition coefficient (Wildman–Crippen LogP) is 18.2. The molecule has 2 heterocycles. The minimum Gasteiger partial charge on any atom is -0.454 e. The van der Waals surface area contributed by atoms with Gasteiger partial charge in [-0.05, 0) is 118 Å². The molecule has 310 valence electrons. The van der Waals surface area contributed by atoms with Crippen LogP contribution in [0.25, 0.3) is 76.2 Å². The maximum atomic E-state index is 7.01. The van der Waals surface area contributed by atoms with Crippen LogP contribution in [0.3, 0.4) is 0 Å². The van der Waals surface area contributed by atoms with Crippen molar-refractivity contribution in [3.8, 4) is 0 Å². The molecule has 4 nitrogen and oxygen atoms in total. The van der Waals surface area contributed by atoms with Gasteiger partial charge >= 0.3 is 0 Å². The minimum absolute atomic E-state index is 0.327. The molecule has 2 aromatic heterocycles. The van der Waals surface area contributed by atoms with E-state index in [-0.39, 0.29) is 0 Å². The lowest BCUT2D eigenvalue weighted by Gasteiger charge is -2.30. The molecule has 0 aliphatic rings. The van der Waals surface area contributed by atoms with Gasteiger partial charge < -0.3 is 18.6 Å². The van der Waals surface area contributed by atoms with E-state index in [1.54, 1.807) is 0 Å². The van der Waals surface area contributed by atoms with Gasteiger partial charge in [-0.1, -0.05) is 149 Å². The molecule has 0 atom stereocenters. The van der Waals surface area contributed by atoms with E-state index in [1.807, 2.05) is 0 Å². The van der Waals surface area contributed by atoms with E-state index in [4.69, 9.17) is 8.83 Å². The highest BCUT2D eigenvalue weighted by atomic mass is 16.3. The van der Waals surface area contributed by atoms with E-state index >= 15 is 0 Å². The molecule has 0 unspecified atom stereocenters. The Hall–Kier alpha value is -7.56. The summed E-state index contributed by atoms with van der Waals surface area (Å²) in [5.41, 5.74) is 14.9. The molecule has 0 radical (unpaired) electrons. The fourth-order valence-corrected chi connectivity index (χ4v) is 10.6. The highest BCUT2D eigenvalue weighted by Gasteiger charge is 2.27. The van der Waals surface area contributed by atoms with Crippen LogP contribution >= 0.6 is 0 Å². The van der Waals surface area contributed by atoms with Gasteiger partial charge in [0, 0.05) is 43.7 Å². The first kappa shape index (κ1) is 38.1. The molecule has 64 heavy (non-hydrogen) atoms. The Bertz CT molecular complexity index is 3510. The van der Waals surface area contributed by atoms with Gasteiger partial charge in [0.2, 0.25) is 0 Å². The Kier molecular flexibility index (Phi) is 8.64. The van der Waals surface area contributed by atoms with Crippen molar-refractivity contribution in [2.45, 2.75) is 53.4 Å². The van der Waals surface area contributed by atoms with E-state index in [9.17, 15) is 0 Å². The maximum absolute atomic E-state index is 7.01. The lowest BCUT2D eigenvalue weighted by Crippen LogP contribution is -2.12. The third-order valence-electron chi connectivity index (χ3n) is 13.6. The van der Waals surface area contributed by atoms with E-state index in [2.05, 4.69) is 221 Å². The SMILES string of the molecule is Cc1cc(N(c2ccccc2)c2cccc3c2oc2c(C(C)C)cccc23)c2ccc3c(C)cc(N(c4ccccc4)c4cccc5c4oc4c(C(C)C)cccc45)c4ccc1c2c34. The second kappa shape index (κ2) is 14.5. The van der Waals surface area contributed by atoms with E-state index in [1.165, 1.54) is 54.6 Å². The number of rotatable bonds is 8. The van der Waals surface area contributed by atoms with Gasteiger partial charge in [0.1, 0.15) is 11.2 Å². The van der Waals surface area contributed by atoms with Gasteiger partial charge in [-0.3, -0.25) is 0 Å². The smallest absolute Gasteiger partial charge is 0.159 e. The number of nitrogens with zero attached hydrogens (tertiary/aromatic N) is 2. The van der Waals surface area contributed by atoms with Crippen molar-refractivity contribution in [2.24, 2.45) is 0 Å². The molecule has 0 N–H and O–H groups in total. The molecule has 0 amide bonds. The van der Waals surface area contributed by atoms with Crippen LogP contribution in [0.2, 0.25) is 0 Å². The molecule has 0 saturated carbocycles. The van der Waals surface area contributed by atoms with Crippen molar-refractivity contribution < 1.29 is 8.83 Å². The first-order valence-corrected chi connectivity index (χ1v) is 22.6. The molecular formula is C60H48N2O2. The van der Waals surface area contributed by atoms with Crippen molar-refractivity contribution in [3.05, 3.63) is 192 Å². The summed E-state index contributed by atoms with van der Waals surface area (Å²) < 4.78 is 14.0. The zero-order valence-electron chi connectivity index (χ0n) is 37.0. The summed E-state index contributed by atoms with van der Waals surface area (Å²) in [6, 6.07) is 61.9. The van der Waals surface area contributed by atoms with E-state index in [0.29, 0.717) is 11.8 Å². The zero-order chi connectivity index (χ0) is 43.4. The van der Waals surface area contributed by atoms with Gasteiger partial charge in [-0.25, -0.2) is 0 Å². The molecular weight excluding hydrogens is 781 g/mol. The highest BCUT2D eigenvalue weighted by molar-refractivity contribution is 6.30. The molecule has 10 aromatic carbocycles. The summed E-state index contributed by atoms with van der Waals surface area (Å²) in [6.45, 7) is 13.5. The number of hydrogen-bond donors (Lipinski definition) is 0. The zero-order valence-corrected chi connectivity index (χ0v) is 37.0. The Morgan fingerprint density at radius 2 is 0.688 bits per heavy atom. The molecule has 0 saturated heterocycles. The monoisotopic (exact) mass is 828 g/mol. The fraction of sp³-hybridized carbons (Fsp3) is 0.133. The van der Waals surface area contributed by atoms with Gasteiger partial charge in [0.15, 0.2) is 11.2 Å². The summed E-state index contributed by atoms with van der Waals surface area (Å²) in [4.78, 5) is 4.83. The highest BCUT2D eigenvalue weighted by Crippen LogP contribution is 2.52. The molecule has 12 rings (SSSR count).